The first-order chi connectivity index (χ1) is 12.3. The molecule has 0 aliphatic heterocycles. The third-order valence-electron chi connectivity index (χ3n) is 3.47. The van der Waals surface area contributed by atoms with Crippen LogP contribution in [0.2, 0.25) is 0 Å². The van der Waals surface area contributed by atoms with Gasteiger partial charge in [-0.25, -0.2) is 13.1 Å². The Bertz CT molecular complexity index is 896. The molecule has 0 heterocycles. The van der Waals surface area contributed by atoms with Crippen molar-refractivity contribution >= 4 is 33.4 Å². The Hall–Kier alpha value is -2.03. The molecule has 26 heavy (non-hydrogen) atoms. The average Bonchev–Trinajstić information content (AvgIpc) is 2.60. The van der Waals surface area contributed by atoms with Crippen LogP contribution in [0, 0.1) is 0 Å². The van der Waals surface area contributed by atoms with Gasteiger partial charge >= 0.3 is 0 Å². The molecular formula is C18H22N2O4S2. The zero-order valence-corrected chi connectivity index (χ0v) is 16.7. The summed E-state index contributed by atoms with van der Waals surface area (Å²) in [6.45, 7) is 3.48. The molecule has 0 saturated heterocycles. The first-order valence-corrected chi connectivity index (χ1v) is 10.6. The summed E-state index contributed by atoms with van der Waals surface area (Å²) in [6.07, 6.45) is 1.89. The normalized spacial score (nSPS) is 11.4. The summed E-state index contributed by atoms with van der Waals surface area (Å²) in [4.78, 5) is 13.5. The number of benzene rings is 2. The van der Waals surface area contributed by atoms with Crippen LogP contribution in [0.1, 0.15) is 24.2 Å². The zero-order valence-electron chi connectivity index (χ0n) is 15.1. The van der Waals surface area contributed by atoms with Crippen molar-refractivity contribution in [2.75, 3.05) is 18.7 Å². The highest BCUT2D eigenvalue weighted by molar-refractivity contribution is 7.98. The van der Waals surface area contributed by atoms with Crippen LogP contribution >= 0.6 is 11.8 Å². The second-order valence-corrected chi connectivity index (χ2v) is 8.35. The van der Waals surface area contributed by atoms with Crippen LogP contribution in [0.25, 0.3) is 0 Å². The molecule has 0 aliphatic carbocycles. The maximum absolute atomic E-state index is 12.7. The molecule has 1 amide bonds. The SMILES string of the molecule is COc1ccc(S(=O)(=O)NC(C)C)cc1NC(=O)c1ccccc1SC. The largest absolute Gasteiger partial charge is 0.495 e. The number of sulfonamides is 1. The number of ether oxygens (including phenoxy) is 1. The summed E-state index contributed by atoms with van der Waals surface area (Å²) < 4.78 is 32.5. The number of carbonyl (C=O) groups is 1. The number of methoxy groups -OCH3 is 1. The van der Waals surface area contributed by atoms with Crippen molar-refractivity contribution in [2.45, 2.75) is 29.7 Å². The molecule has 0 aliphatic rings. The van der Waals surface area contributed by atoms with Gasteiger partial charge in [0, 0.05) is 10.9 Å². The number of carbonyl (C=O) groups excluding carboxylic acids is 1. The van der Waals surface area contributed by atoms with E-state index in [-0.39, 0.29) is 16.8 Å². The number of nitrogens with one attached hydrogen (secondary N) is 2. The molecule has 0 unspecified atom stereocenters. The molecule has 0 radical (unpaired) electrons. The average molecular weight is 395 g/mol. The van der Waals surface area contributed by atoms with Gasteiger partial charge < -0.3 is 10.1 Å². The monoisotopic (exact) mass is 394 g/mol. The summed E-state index contributed by atoms with van der Waals surface area (Å²) in [6, 6.07) is 11.3. The number of amides is 1. The topological polar surface area (TPSA) is 84.5 Å². The quantitative estimate of drug-likeness (QED) is 0.704. The van der Waals surface area contributed by atoms with E-state index in [4.69, 9.17) is 4.74 Å². The molecule has 6 nitrogen and oxygen atoms in total. The highest BCUT2D eigenvalue weighted by Crippen LogP contribution is 2.29. The molecular weight excluding hydrogens is 372 g/mol. The zero-order chi connectivity index (χ0) is 19.3. The maximum Gasteiger partial charge on any atom is 0.256 e. The number of thioether (sulfide) groups is 1. The van der Waals surface area contributed by atoms with E-state index >= 15 is 0 Å². The molecule has 0 fully saturated rings. The van der Waals surface area contributed by atoms with Crippen LogP contribution in [0.4, 0.5) is 5.69 Å². The maximum atomic E-state index is 12.7. The minimum Gasteiger partial charge on any atom is -0.495 e. The van der Waals surface area contributed by atoms with Gasteiger partial charge in [0.15, 0.2) is 0 Å². The smallest absolute Gasteiger partial charge is 0.256 e. The molecule has 0 spiro atoms. The number of rotatable bonds is 7. The Morgan fingerprint density at radius 1 is 1.15 bits per heavy atom. The van der Waals surface area contributed by atoms with Crippen LogP contribution < -0.4 is 14.8 Å². The van der Waals surface area contributed by atoms with Crippen molar-refractivity contribution in [3.8, 4) is 5.75 Å². The van der Waals surface area contributed by atoms with Crippen molar-refractivity contribution in [1.82, 2.24) is 4.72 Å². The van der Waals surface area contributed by atoms with Gasteiger partial charge in [-0.3, -0.25) is 4.79 Å². The lowest BCUT2D eigenvalue weighted by atomic mass is 10.2. The molecule has 0 bridgehead atoms. The van der Waals surface area contributed by atoms with E-state index in [0.29, 0.717) is 17.0 Å². The van der Waals surface area contributed by atoms with Gasteiger partial charge in [-0.15, -0.1) is 11.8 Å². The predicted octanol–water partition coefficient (Wildman–Crippen LogP) is 3.36. The summed E-state index contributed by atoms with van der Waals surface area (Å²) >= 11 is 1.46. The van der Waals surface area contributed by atoms with E-state index in [1.165, 1.54) is 37.1 Å². The highest BCUT2D eigenvalue weighted by atomic mass is 32.2. The Labute approximate surface area is 158 Å². The third kappa shape index (κ3) is 4.78. The van der Waals surface area contributed by atoms with Crippen molar-refractivity contribution in [2.24, 2.45) is 0 Å². The molecule has 2 rings (SSSR count). The fourth-order valence-electron chi connectivity index (χ4n) is 2.35. The van der Waals surface area contributed by atoms with Crippen LogP contribution in [-0.4, -0.2) is 33.7 Å². The summed E-state index contributed by atoms with van der Waals surface area (Å²) in [7, 11) is -2.22. The highest BCUT2D eigenvalue weighted by Gasteiger charge is 2.19. The van der Waals surface area contributed by atoms with Gasteiger partial charge in [0.1, 0.15) is 5.75 Å². The molecule has 2 N–H and O–H groups in total. The fraction of sp³-hybridized carbons (Fsp3) is 0.278. The second kappa shape index (κ2) is 8.57. The Balaban J connectivity index is 2.39. The van der Waals surface area contributed by atoms with E-state index in [1.807, 2.05) is 18.4 Å². The number of hydrogen-bond donors (Lipinski definition) is 2. The fourth-order valence-corrected chi connectivity index (χ4v) is 4.22. The van der Waals surface area contributed by atoms with Gasteiger partial charge in [-0.1, -0.05) is 12.1 Å². The van der Waals surface area contributed by atoms with Gasteiger partial charge in [0.05, 0.1) is 23.3 Å². The second-order valence-electron chi connectivity index (χ2n) is 5.79. The van der Waals surface area contributed by atoms with Gasteiger partial charge in [-0.05, 0) is 50.4 Å². The van der Waals surface area contributed by atoms with E-state index < -0.39 is 10.0 Å². The van der Waals surface area contributed by atoms with E-state index in [2.05, 4.69) is 10.0 Å². The van der Waals surface area contributed by atoms with Gasteiger partial charge in [-0.2, -0.15) is 0 Å². The van der Waals surface area contributed by atoms with Gasteiger partial charge in [0.2, 0.25) is 10.0 Å². The molecule has 8 heteroatoms. The lowest BCUT2D eigenvalue weighted by molar-refractivity contribution is 0.102. The van der Waals surface area contributed by atoms with Crippen LogP contribution in [0.3, 0.4) is 0 Å². The van der Waals surface area contributed by atoms with Crippen molar-refractivity contribution in [1.29, 1.82) is 0 Å². The lowest BCUT2D eigenvalue weighted by Gasteiger charge is -2.15. The van der Waals surface area contributed by atoms with Crippen LogP contribution in [-0.2, 0) is 10.0 Å². The first kappa shape index (κ1) is 20.3. The number of hydrogen-bond acceptors (Lipinski definition) is 5. The Kier molecular flexibility index (Phi) is 6.69. The summed E-state index contributed by atoms with van der Waals surface area (Å²) in [5.41, 5.74) is 0.802. The first-order valence-electron chi connectivity index (χ1n) is 7.93. The molecule has 2 aromatic rings. The van der Waals surface area contributed by atoms with Crippen LogP contribution in [0.15, 0.2) is 52.3 Å². The van der Waals surface area contributed by atoms with Crippen molar-refractivity contribution in [3.05, 3.63) is 48.0 Å². The van der Waals surface area contributed by atoms with E-state index in [9.17, 15) is 13.2 Å². The molecule has 0 saturated carbocycles. The lowest BCUT2D eigenvalue weighted by Crippen LogP contribution is -2.30. The van der Waals surface area contributed by atoms with Gasteiger partial charge in [0.25, 0.3) is 5.91 Å². The Morgan fingerprint density at radius 2 is 1.85 bits per heavy atom. The molecule has 0 aromatic heterocycles. The summed E-state index contributed by atoms with van der Waals surface area (Å²) in [5.74, 6) is 0.0445. The van der Waals surface area contributed by atoms with Crippen LogP contribution in [0.5, 0.6) is 5.75 Å². The minimum absolute atomic E-state index is 0.0560. The van der Waals surface area contributed by atoms with Crippen molar-refractivity contribution < 1.29 is 17.9 Å². The predicted molar refractivity (Wildman–Crippen MR) is 105 cm³/mol. The number of anilines is 1. The molecule has 0 atom stereocenters. The molecule has 140 valence electrons. The third-order valence-corrected chi connectivity index (χ3v) is 5.92. The summed E-state index contributed by atoms with van der Waals surface area (Å²) in [5, 5.41) is 2.75. The van der Waals surface area contributed by atoms with Crippen molar-refractivity contribution in [3.63, 3.8) is 0 Å². The van der Waals surface area contributed by atoms with E-state index in [0.717, 1.165) is 4.90 Å². The standard InChI is InChI=1S/C18H22N2O4S2/c1-12(2)20-26(22,23)13-9-10-16(24-3)15(11-13)19-18(21)14-7-5-6-8-17(14)25-4/h5-12,20H,1-4H3,(H,19,21). The van der Waals surface area contributed by atoms with E-state index in [1.54, 1.807) is 26.0 Å². The minimum atomic E-state index is -3.68. The molecule has 2 aromatic carbocycles. The Morgan fingerprint density at radius 3 is 2.46 bits per heavy atom.